The Morgan fingerprint density at radius 2 is 1.86 bits per heavy atom. The van der Waals surface area contributed by atoms with E-state index in [1.807, 2.05) is 0 Å². The molecule has 0 aliphatic carbocycles. The summed E-state index contributed by atoms with van der Waals surface area (Å²) < 4.78 is 21.0. The minimum absolute atomic E-state index is 0.0963. The third kappa shape index (κ3) is 2.46. The number of fused-ring (bicyclic) bond motifs is 4. The van der Waals surface area contributed by atoms with Gasteiger partial charge in [-0.15, -0.1) is 0 Å². The number of aliphatic hydroxyl groups excluding tert-OH is 2. The number of aliphatic hydroxyl groups is 2. The molecule has 0 saturated carbocycles. The number of rotatable bonds is 3. The van der Waals surface area contributed by atoms with E-state index in [9.17, 15) is 29.7 Å². The molecule has 0 aromatic heterocycles. The van der Waals surface area contributed by atoms with Gasteiger partial charge in [-0.2, -0.15) is 0 Å². The van der Waals surface area contributed by atoms with E-state index < -0.39 is 41.9 Å². The Morgan fingerprint density at radius 3 is 2.48 bits per heavy atom. The molecule has 10 nitrogen and oxygen atoms in total. The first-order valence-corrected chi connectivity index (χ1v) is 8.32. The average Bonchev–Trinajstić information content (AvgIpc) is 2.88. The molecule has 150 valence electrons. The molecule has 1 atom stereocenters. The number of cyclic esters (lactones) is 1. The highest BCUT2D eigenvalue weighted by Gasteiger charge is 2.43. The van der Waals surface area contributed by atoms with Crippen LogP contribution in [0.3, 0.4) is 0 Å². The largest absolute Gasteiger partial charge is 0.507 e. The Kier molecular flexibility index (Phi) is 4.17. The molecule has 2 aliphatic rings. The van der Waals surface area contributed by atoms with Gasteiger partial charge in [0.2, 0.25) is 6.29 Å². The molecule has 2 aliphatic heterocycles. The molecule has 3 N–H and O–H groups in total. The smallest absolute Gasteiger partial charge is 0.347 e. The number of aromatic hydroxyl groups is 1. The number of hydrogen-bond acceptors (Lipinski definition) is 10. The molecule has 29 heavy (non-hydrogen) atoms. The zero-order valence-electron chi connectivity index (χ0n) is 15.1. The van der Waals surface area contributed by atoms with E-state index >= 15 is 0 Å². The predicted octanol–water partition coefficient (Wildman–Crippen LogP) is 1.50. The number of aldehydes is 1. The Labute approximate surface area is 162 Å². The lowest BCUT2D eigenvalue weighted by Crippen LogP contribution is -2.12. The van der Waals surface area contributed by atoms with E-state index in [-0.39, 0.29) is 39.5 Å². The molecular formula is C19H14O10. The van der Waals surface area contributed by atoms with Crippen molar-refractivity contribution in [3.8, 4) is 28.7 Å². The van der Waals surface area contributed by atoms with Crippen molar-refractivity contribution in [3.05, 3.63) is 39.4 Å². The van der Waals surface area contributed by atoms with Crippen molar-refractivity contribution < 1.29 is 48.7 Å². The lowest BCUT2D eigenvalue weighted by atomic mass is 10.0. The molecule has 2 aromatic rings. The molecular weight excluding hydrogens is 388 g/mol. The minimum Gasteiger partial charge on any atom is -0.507 e. The second kappa shape index (κ2) is 6.47. The number of aryl methyl sites for hydroxylation is 1. The van der Waals surface area contributed by atoms with Crippen LogP contribution < -0.4 is 14.2 Å². The normalized spacial score (nSPS) is 16.6. The van der Waals surface area contributed by atoms with Crippen LogP contribution in [0.2, 0.25) is 0 Å². The Bertz CT molecular complexity index is 1100. The van der Waals surface area contributed by atoms with Crippen molar-refractivity contribution in [2.24, 2.45) is 0 Å². The van der Waals surface area contributed by atoms with Crippen molar-refractivity contribution in [2.45, 2.75) is 19.8 Å². The topological polar surface area (TPSA) is 149 Å². The molecule has 0 fully saturated rings. The van der Waals surface area contributed by atoms with Crippen molar-refractivity contribution in [1.29, 1.82) is 0 Å². The van der Waals surface area contributed by atoms with Gasteiger partial charge < -0.3 is 34.3 Å². The van der Waals surface area contributed by atoms with Gasteiger partial charge >= 0.3 is 11.9 Å². The Morgan fingerprint density at radius 1 is 1.14 bits per heavy atom. The van der Waals surface area contributed by atoms with E-state index in [2.05, 4.69) is 0 Å². The number of methoxy groups -OCH3 is 1. The number of carbonyl (C=O) groups excluding carboxylic acids is 3. The number of benzene rings is 2. The first kappa shape index (κ1) is 18.7. The number of esters is 2. The summed E-state index contributed by atoms with van der Waals surface area (Å²) in [4.78, 5) is 36.6. The van der Waals surface area contributed by atoms with Gasteiger partial charge in [0, 0.05) is 0 Å². The van der Waals surface area contributed by atoms with Gasteiger partial charge in [0.1, 0.15) is 22.6 Å². The summed E-state index contributed by atoms with van der Waals surface area (Å²) in [6, 6.07) is 1.44. The van der Waals surface area contributed by atoms with Crippen LogP contribution in [0.25, 0.3) is 0 Å². The fourth-order valence-corrected chi connectivity index (χ4v) is 3.43. The number of ether oxygens (including phenoxy) is 4. The summed E-state index contributed by atoms with van der Waals surface area (Å²) in [5.74, 6) is -3.55. The van der Waals surface area contributed by atoms with Crippen LogP contribution in [-0.4, -0.2) is 40.7 Å². The second-order valence-electron chi connectivity index (χ2n) is 6.31. The zero-order chi connectivity index (χ0) is 21.0. The minimum atomic E-state index is -1.82. The number of phenols is 1. The van der Waals surface area contributed by atoms with Crippen LogP contribution in [-0.2, 0) is 11.3 Å². The van der Waals surface area contributed by atoms with E-state index in [1.54, 1.807) is 6.92 Å². The molecule has 2 aromatic carbocycles. The highest BCUT2D eigenvalue weighted by atomic mass is 16.6. The summed E-state index contributed by atoms with van der Waals surface area (Å²) in [6.45, 7) is 0.744. The summed E-state index contributed by atoms with van der Waals surface area (Å²) in [7, 11) is 1.33. The van der Waals surface area contributed by atoms with Crippen LogP contribution in [0.1, 0.15) is 54.1 Å². The van der Waals surface area contributed by atoms with Crippen molar-refractivity contribution in [3.63, 3.8) is 0 Å². The maximum Gasteiger partial charge on any atom is 0.347 e. The zero-order valence-corrected chi connectivity index (χ0v) is 15.1. The van der Waals surface area contributed by atoms with Crippen LogP contribution >= 0.6 is 0 Å². The molecule has 4 rings (SSSR count). The summed E-state index contributed by atoms with van der Waals surface area (Å²) in [5, 5.41) is 30.2. The van der Waals surface area contributed by atoms with E-state index in [1.165, 1.54) is 13.2 Å². The fraction of sp³-hybridized carbons (Fsp3) is 0.211. The Balaban J connectivity index is 2.11. The highest BCUT2D eigenvalue weighted by Crippen LogP contribution is 2.53. The quantitative estimate of drug-likeness (QED) is 0.392. The van der Waals surface area contributed by atoms with Gasteiger partial charge in [-0.3, -0.25) is 4.79 Å². The lowest BCUT2D eigenvalue weighted by Gasteiger charge is -2.17. The van der Waals surface area contributed by atoms with Gasteiger partial charge in [-0.1, -0.05) is 0 Å². The third-order valence-electron chi connectivity index (χ3n) is 4.76. The first-order chi connectivity index (χ1) is 13.8. The fourth-order valence-electron chi connectivity index (χ4n) is 3.43. The summed E-state index contributed by atoms with van der Waals surface area (Å²) in [6.07, 6.45) is -1.40. The SMILES string of the molecule is COc1cc(C)c2c(c1C=O)Oc1c(c(CO)c(O)c3c1C(O)OC3=O)OC2=O. The van der Waals surface area contributed by atoms with Crippen molar-refractivity contribution in [1.82, 2.24) is 0 Å². The lowest BCUT2D eigenvalue weighted by molar-refractivity contribution is -0.0555. The van der Waals surface area contributed by atoms with E-state index in [4.69, 9.17) is 18.9 Å². The summed E-state index contributed by atoms with van der Waals surface area (Å²) >= 11 is 0. The average molecular weight is 402 g/mol. The van der Waals surface area contributed by atoms with Crippen molar-refractivity contribution in [2.75, 3.05) is 7.11 Å². The molecule has 0 spiro atoms. The van der Waals surface area contributed by atoms with E-state index in [0.717, 1.165) is 0 Å². The molecule has 10 heteroatoms. The molecule has 0 bridgehead atoms. The second-order valence-corrected chi connectivity index (χ2v) is 6.31. The van der Waals surface area contributed by atoms with E-state index in [0.29, 0.717) is 11.8 Å². The number of hydrogen-bond donors (Lipinski definition) is 3. The molecule has 2 heterocycles. The van der Waals surface area contributed by atoms with Gasteiger partial charge in [0.05, 0.1) is 30.4 Å². The molecule has 0 saturated heterocycles. The third-order valence-corrected chi connectivity index (χ3v) is 4.76. The summed E-state index contributed by atoms with van der Waals surface area (Å²) in [5.41, 5.74) is -0.890. The number of carbonyl (C=O) groups is 3. The van der Waals surface area contributed by atoms with Crippen LogP contribution in [0, 0.1) is 6.92 Å². The molecule has 1 unspecified atom stereocenters. The van der Waals surface area contributed by atoms with Gasteiger partial charge in [-0.05, 0) is 18.6 Å². The maximum absolute atomic E-state index is 12.8. The van der Waals surface area contributed by atoms with Gasteiger partial charge in [0.25, 0.3) is 0 Å². The predicted molar refractivity (Wildman–Crippen MR) is 92.6 cm³/mol. The van der Waals surface area contributed by atoms with Gasteiger partial charge in [0.15, 0.2) is 23.5 Å². The monoisotopic (exact) mass is 402 g/mol. The highest BCUT2D eigenvalue weighted by molar-refractivity contribution is 6.03. The standard InChI is InChI=1S/C19H14O10/c1-6-3-9(26-2)7(4-20)14-10(6)17(23)28-15-8(5-21)13(22)11-12(16(15)27-14)19(25)29-18(11)24/h3-4,19,21-22,25H,5H2,1-2H3. The van der Waals surface area contributed by atoms with Crippen LogP contribution in [0.15, 0.2) is 6.07 Å². The molecule has 0 radical (unpaired) electrons. The van der Waals surface area contributed by atoms with Crippen LogP contribution in [0.4, 0.5) is 0 Å². The maximum atomic E-state index is 12.8. The van der Waals surface area contributed by atoms with Crippen molar-refractivity contribution >= 4 is 18.2 Å². The van der Waals surface area contributed by atoms with Gasteiger partial charge in [-0.25, -0.2) is 9.59 Å². The molecule has 0 amide bonds. The van der Waals surface area contributed by atoms with Crippen LogP contribution in [0.5, 0.6) is 28.7 Å². The Hall–Kier alpha value is -3.63. The first-order valence-electron chi connectivity index (χ1n) is 8.32.